The molecule has 1 aliphatic rings. The molecule has 1 aliphatic heterocycles. The van der Waals surface area contributed by atoms with Gasteiger partial charge in [0.15, 0.2) is 0 Å². The van der Waals surface area contributed by atoms with Crippen LogP contribution in [0.25, 0.3) is 6.08 Å². The molecule has 53 valence electrons. The van der Waals surface area contributed by atoms with E-state index < -0.39 is 0 Å². The van der Waals surface area contributed by atoms with Gasteiger partial charge in [-0.3, -0.25) is 0 Å². The lowest BCUT2D eigenvalue weighted by atomic mass is 10.2. The summed E-state index contributed by atoms with van der Waals surface area (Å²) in [5, 5.41) is 0. The minimum atomic E-state index is 0.883. The number of hydrogen-bond donors (Lipinski definition) is 0. The summed E-state index contributed by atoms with van der Waals surface area (Å²) in [6.07, 6.45) is 8.25. The number of benzene rings is 1. The molecule has 0 spiro atoms. The van der Waals surface area contributed by atoms with Crippen LogP contribution in [0.15, 0.2) is 36.6 Å². The maximum Gasteiger partial charge on any atom is 0.133 e. The Morgan fingerprint density at radius 3 is 3.09 bits per heavy atom. The highest BCUT2D eigenvalue weighted by atomic mass is 16.5. The van der Waals surface area contributed by atoms with Crippen LogP contribution in [0.5, 0.6) is 5.75 Å². The van der Waals surface area contributed by atoms with Crippen molar-refractivity contribution in [2.45, 2.75) is 0 Å². The first-order valence-electron chi connectivity index (χ1n) is 3.47. The molecule has 0 unspecified atom stereocenters. The third kappa shape index (κ3) is 1.17. The highest BCUT2D eigenvalue weighted by Gasteiger charge is 1.98. The topological polar surface area (TPSA) is 9.23 Å². The molecule has 1 radical (unpaired) electrons. The van der Waals surface area contributed by atoms with Gasteiger partial charge in [-0.1, -0.05) is 18.2 Å². The smallest absolute Gasteiger partial charge is 0.133 e. The standard InChI is InChI=1S/C10H7O/c1-2-7-10-9(5-1)6-3-4-8-11-10/h1-2,4-8H. The number of allylic oxidation sites excluding steroid dienone is 2. The van der Waals surface area contributed by atoms with Crippen molar-refractivity contribution in [3.63, 3.8) is 0 Å². The van der Waals surface area contributed by atoms with Gasteiger partial charge in [0.1, 0.15) is 5.75 Å². The van der Waals surface area contributed by atoms with E-state index in [1.165, 1.54) is 0 Å². The molecule has 0 saturated carbocycles. The van der Waals surface area contributed by atoms with Crippen molar-refractivity contribution in [3.05, 3.63) is 48.2 Å². The summed E-state index contributed by atoms with van der Waals surface area (Å²) >= 11 is 0. The number of para-hydroxylation sites is 1. The predicted octanol–water partition coefficient (Wildman–Crippen LogP) is 2.41. The summed E-state index contributed by atoms with van der Waals surface area (Å²) in [5.74, 6) is 0.883. The van der Waals surface area contributed by atoms with Crippen molar-refractivity contribution in [1.82, 2.24) is 0 Å². The van der Waals surface area contributed by atoms with Gasteiger partial charge in [0.2, 0.25) is 0 Å². The Labute approximate surface area is 65.6 Å². The lowest BCUT2D eigenvalue weighted by Gasteiger charge is -2.00. The van der Waals surface area contributed by atoms with Crippen molar-refractivity contribution < 1.29 is 4.74 Å². The fourth-order valence-electron chi connectivity index (χ4n) is 0.992. The van der Waals surface area contributed by atoms with Gasteiger partial charge in [-0.15, -0.1) is 0 Å². The summed E-state index contributed by atoms with van der Waals surface area (Å²) in [6.45, 7) is 0. The Morgan fingerprint density at radius 1 is 1.18 bits per heavy atom. The quantitative estimate of drug-likeness (QED) is 0.542. The van der Waals surface area contributed by atoms with Crippen LogP contribution in [0.4, 0.5) is 0 Å². The molecule has 0 bridgehead atoms. The summed E-state index contributed by atoms with van der Waals surface area (Å²) in [5.41, 5.74) is 1.07. The van der Waals surface area contributed by atoms with Gasteiger partial charge in [-0.2, -0.15) is 0 Å². The van der Waals surface area contributed by atoms with Gasteiger partial charge < -0.3 is 4.74 Å². The first-order valence-corrected chi connectivity index (χ1v) is 3.47. The lowest BCUT2D eigenvalue weighted by molar-refractivity contribution is 0.481. The number of fused-ring (bicyclic) bond motifs is 1. The molecular weight excluding hydrogens is 136 g/mol. The van der Waals surface area contributed by atoms with E-state index in [9.17, 15) is 0 Å². The minimum Gasteiger partial charge on any atom is -0.464 e. The second kappa shape index (κ2) is 2.62. The van der Waals surface area contributed by atoms with E-state index in [1.54, 1.807) is 12.3 Å². The van der Waals surface area contributed by atoms with Crippen LogP contribution in [-0.2, 0) is 0 Å². The number of hydrogen-bond acceptors (Lipinski definition) is 1. The fourth-order valence-corrected chi connectivity index (χ4v) is 0.992. The van der Waals surface area contributed by atoms with Gasteiger partial charge in [-0.05, 0) is 24.3 Å². The first kappa shape index (κ1) is 6.23. The van der Waals surface area contributed by atoms with Gasteiger partial charge in [0.05, 0.1) is 6.26 Å². The van der Waals surface area contributed by atoms with E-state index in [1.807, 2.05) is 30.3 Å². The molecular formula is C10H7O. The average Bonchev–Trinajstić information content (AvgIpc) is 2.28. The Kier molecular flexibility index (Phi) is 1.48. The van der Waals surface area contributed by atoms with E-state index in [0.29, 0.717) is 0 Å². The first-order chi connectivity index (χ1) is 5.47. The molecule has 1 nitrogen and oxygen atoms in total. The van der Waals surface area contributed by atoms with Crippen molar-refractivity contribution >= 4 is 6.08 Å². The molecule has 1 heteroatoms. The molecule has 2 rings (SSSR count). The van der Waals surface area contributed by atoms with E-state index >= 15 is 0 Å². The van der Waals surface area contributed by atoms with Crippen LogP contribution in [-0.4, -0.2) is 0 Å². The fraction of sp³-hybridized carbons (Fsp3) is 0. The van der Waals surface area contributed by atoms with Crippen molar-refractivity contribution in [3.8, 4) is 5.75 Å². The zero-order chi connectivity index (χ0) is 7.52. The van der Waals surface area contributed by atoms with E-state index in [2.05, 4.69) is 6.08 Å². The molecule has 0 fully saturated rings. The van der Waals surface area contributed by atoms with Crippen molar-refractivity contribution in [1.29, 1.82) is 0 Å². The third-order valence-corrected chi connectivity index (χ3v) is 1.52. The van der Waals surface area contributed by atoms with Crippen molar-refractivity contribution in [2.24, 2.45) is 0 Å². The van der Waals surface area contributed by atoms with Gasteiger partial charge in [0, 0.05) is 5.56 Å². The van der Waals surface area contributed by atoms with Crippen molar-refractivity contribution in [2.75, 3.05) is 0 Å². The molecule has 0 aromatic heterocycles. The SMILES string of the molecule is [C]1=Cc2ccccc2OC=C1. The zero-order valence-electron chi connectivity index (χ0n) is 5.95. The monoisotopic (exact) mass is 143 g/mol. The summed E-state index contributed by atoms with van der Waals surface area (Å²) < 4.78 is 5.27. The van der Waals surface area contributed by atoms with E-state index in [0.717, 1.165) is 11.3 Å². The zero-order valence-corrected chi connectivity index (χ0v) is 5.95. The molecule has 1 aromatic carbocycles. The third-order valence-electron chi connectivity index (χ3n) is 1.52. The Balaban J connectivity index is 2.52. The Hall–Kier alpha value is -1.50. The molecule has 1 heterocycles. The van der Waals surface area contributed by atoms with Gasteiger partial charge in [-0.25, -0.2) is 0 Å². The van der Waals surface area contributed by atoms with E-state index in [-0.39, 0.29) is 0 Å². The molecule has 11 heavy (non-hydrogen) atoms. The molecule has 0 saturated heterocycles. The number of ether oxygens (including phenoxy) is 1. The largest absolute Gasteiger partial charge is 0.464 e. The minimum absolute atomic E-state index is 0.883. The van der Waals surface area contributed by atoms with Crippen LogP contribution in [0.3, 0.4) is 0 Å². The summed E-state index contributed by atoms with van der Waals surface area (Å²) in [4.78, 5) is 0. The molecule has 0 aliphatic carbocycles. The molecule has 0 atom stereocenters. The van der Waals surface area contributed by atoms with Crippen LogP contribution in [0.1, 0.15) is 5.56 Å². The molecule has 1 aromatic rings. The van der Waals surface area contributed by atoms with Crippen LogP contribution in [0, 0.1) is 6.08 Å². The van der Waals surface area contributed by atoms with Crippen LogP contribution >= 0.6 is 0 Å². The highest BCUT2D eigenvalue weighted by molar-refractivity contribution is 5.57. The van der Waals surface area contributed by atoms with Gasteiger partial charge in [0.25, 0.3) is 0 Å². The Morgan fingerprint density at radius 2 is 2.09 bits per heavy atom. The maximum absolute atomic E-state index is 5.27. The van der Waals surface area contributed by atoms with Crippen LogP contribution < -0.4 is 4.74 Å². The summed E-state index contributed by atoms with van der Waals surface area (Å²) in [6, 6.07) is 7.86. The molecule has 0 amide bonds. The van der Waals surface area contributed by atoms with E-state index in [4.69, 9.17) is 4.74 Å². The van der Waals surface area contributed by atoms with Gasteiger partial charge >= 0.3 is 0 Å². The Bertz CT molecular complexity index is 310. The predicted molar refractivity (Wildman–Crippen MR) is 43.9 cm³/mol. The second-order valence-electron chi connectivity index (χ2n) is 2.27. The highest BCUT2D eigenvalue weighted by Crippen LogP contribution is 2.20. The average molecular weight is 143 g/mol. The molecule has 0 N–H and O–H groups in total. The number of rotatable bonds is 0. The lowest BCUT2D eigenvalue weighted by Crippen LogP contribution is -1.82. The second-order valence-corrected chi connectivity index (χ2v) is 2.27. The maximum atomic E-state index is 5.27. The van der Waals surface area contributed by atoms with Crippen LogP contribution in [0.2, 0.25) is 0 Å². The summed E-state index contributed by atoms with van der Waals surface area (Å²) in [7, 11) is 0. The normalized spacial score (nSPS) is 13.5.